The molecule has 1 aliphatic carbocycles. The summed E-state index contributed by atoms with van der Waals surface area (Å²) in [7, 11) is -7.67. The van der Waals surface area contributed by atoms with Crippen LogP contribution in [-0.4, -0.2) is 44.5 Å². The number of sulfone groups is 2. The Balaban J connectivity index is 1.79. The van der Waals surface area contributed by atoms with Crippen LogP contribution >= 0.6 is 11.6 Å². The highest BCUT2D eigenvalue weighted by molar-refractivity contribution is 7.92. The smallest absolute Gasteiger partial charge is 0.186 e. The van der Waals surface area contributed by atoms with Crippen molar-refractivity contribution in [2.75, 3.05) is 5.75 Å². The maximum absolute atomic E-state index is 13.4. The van der Waals surface area contributed by atoms with Crippen LogP contribution in [0.4, 0.5) is 0 Å². The van der Waals surface area contributed by atoms with Crippen molar-refractivity contribution in [2.45, 2.75) is 40.7 Å². The van der Waals surface area contributed by atoms with Crippen LogP contribution in [0.5, 0.6) is 5.75 Å². The number of para-hydroxylation sites is 1. The van der Waals surface area contributed by atoms with E-state index in [1.165, 1.54) is 36.4 Å². The summed E-state index contributed by atoms with van der Waals surface area (Å²) in [6.45, 7) is 0. The van der Waals surface area contributed by atoms with E-state index < -0.39 is 48.2 Å². The van der Waals surface area contributed by atoms with Crippen molar-refractivity contribution >= 4 is 42.8 Å². The van der Waals surface area contributed by atoms with Gasteiger partial charge < -0.3 is 5.11 Å². The Morgan fingerprint density at radius 2 is 1.81 bits per heavy atom. The molecule has 1 saturated carbocycles. The van der Waals surface area contributed by atoms with Crippen molar-refractivity contribution in [1.82, 2.24) is 0 Å². The Labute approximate surface area is 184 Å². The van der Waals surface area contributed by atoms with Crippen molar-refractivity contribution in [3.8, 4) is 5.75 Å². The van der Waals surface area contributed by atoms with Crippen molar-refractivity contribution < 1.29 is 31.5 Å². The van der Waals surface area contributed by atoms with Crippen LogP contribution < -0.4 is 0 Å². The summed E-state index contributed by atoms with van der Waals surface area (Å²) in [5.41, 5.74) is 0.256. The van der Waals surface area contributed by atoms with E-state index in [4.69, 9.17) is 11.6 Å². The van der Waals surface area contributed by atoms with Crippen molar-refractivity contribution in [3.63, 3.8) is 0 Å². The molecule has 0 spiro atoms. The highest BCUT2D eigenvalue weighted by Crippen LogP contribution is 2.39. The third-order valence-electron chi connectivity index (χ3n) is 5.90. The number of rotatable bonds is 4. The monoisotopic (exact) mass is 482 g/mol. The molecule has 2 atom stereocenters. The summed E-state index contributed by atoms with van der Waals surface area (Å²) in [6, 6.07) is 7.92. The molecule has 31 heavy (non-hydrogen) atoms. The van der Waals surface area contributed by atoms with Crippen LogP contribution in [0.2, 0.25) is 5.02 Å². The molecule has 7 nitrogen and oxygen atoms in total. The SMILES string of the molecule is O=C1CCCC(S(=O)(=O)c2ccccc2O)C1C(=O)c1ccc2c(c1Cl)CCS2(=O)=O. The minimum atomic E-state index is -4.20. The molecule has 164 valence electrons. The molecule has 4 rings (SSSR count). The first-order valence-electron chi connectivity index (χ1n) is 9.68. The number of Topliss-reactive ketones (excluding diaryl/α,β-unsaturated/α-hetero) is 2. The van der Waals surface area contributed by atoms with E-state index in [1.807, 2.05) is 0 Å². The van der Waals surface area contributed by atoms with Crippen LogP contribution in [0.15, 0.2) is 46.2 Å². The molecule has 2 aliphatic rings. The molecule has 2 aromatic carbocycles. The number of phenols is 1. The summed E-state index contributed by atoms with van der Waals surface area (Å²) in [4.78, 5) is 25.9. The van der Waals surface area contributed by atoms with Gasteiger partial charge in [-0.05, 0) is 49.1 Å². The van der Waals surface area contributed by atoms with E-state index in [9.17, 15) is 31.5 Å². The summed E-state index contributed by atoms with van der Waals surface area (Å²) in [5.74, 6) is -3.30. The number of carbonyl (C=O) groups is 2. The first kappa shape index (κ1) is 22.0. The standard InChI is InChI=1S/C21H19ClO7S2/c22-20-12-10-11-30(26,27)16(12)9-8-13(20)21(25)19-15(24)5-3-7-18(19)31(28,29)17-6-2-1-4-14(17)23/h1-2,4,6,8-9,18-19,23H,3,5,7,10-11H2. The predicted octanol–water partition coefficient (Wildman–Crippen LogP) is 2.77. The van der Waals surface area contributed by atoms with Gasteiger partial charge in [0.05, 0.1) is 26.8 Å². The molecule has 2 unspecified atom stereocenters. The average molecular weight is 483 g/mol. The lowest BCUT2D eigenvalue weighted by atomic mass is 9.82. The van der Waals surface area contributed by atoms with E-state index in [0.29, 0.717) is 12.0 Å². The second-order valence-corrected chi connectivity index (χ2v) is 12.3. The predicted molar refractivity (Wildman–Crippen MR) is 113 cm³/mol. The highest BCUT2D eigenvalue weighted by Gasteiger charge is 2.46. The highest BCUT2D eigenvalue weighted by atomic mass is 35.5. The topological polar surface area (TPSA) is 123 Å². The number of phenolic OH excluding ortho intramolecular Hbond substituents is 1. The molecule has 0 bridgehead atoms. The zero-order valence-electron chi connectivity index (χ0n) is 16.2. The minimum absolute atomic E-state index is 0.0549. The third kappa shape index (κ3) is 3.58. The zero-order valence-corrected chi connectivity index (χ0v) is 18.6. The Morgan fingerprint density at radius 1 is 1.10 bits per heavy atom. The lowest BCUT2D eigenvalue weighted by Gasteiger charge is -2.29. The molecular weight excluding hydrogens is 464 g/mol. The lowest BCUT2D eigenvalue weighted by Crippen LogP contribution is -2.43. The molecule has 1 aliphatic heterocycles. The first-order valence-corrected chi connectivity index (χ1v) is 13.3. The Hall–Kier alpha value is -2.23. The second-order valence-electron chi connectivity index (χ2n) is 7.72. The fourth-order valence-corrected chi connectivity index (χ4v) is 8.37. The van der Waals surface area contributed by atoms with E-state index in [2.05, 4.69) is 0 Å². The average Bonchev–Trinajstić information content (AvgIpc) is 3.03. The maximum atomic E-state index is 13.4. The van der Waals surface area contributed by atoms with Gasteiger partial charge in [-0.15, -0.1) is 0 Å². The maximum Gasteiger partial charge on any atom is 0.186 e. The number of fused-ring (bicyclic) bond motifs is 1. The Kier molecular flexibility index (Phi) is 5.47. The molecule has 10 heteroatoms. The Bertz CT molecular complexity index is 1310. The van der Waals surface area contributed by atoms with Gasteiger partial charge in [0.25, 0.3) is 0 Å². The van der Waals surface area contributed by atoms with Gasteiger partial charge in [0, 0.05) is 12.0 Å². The van der Waals surface area contributed by atoms with Crippen molar-refractivity contribution in [1.29, 1.82) is 0 Å². The number of hydrogen-bond acceptors (Lipinski definition) is 7. The molecule has 2 aromatic rings. The van der Waals surface area contributed by atoms with Gasteiger partial charge in [-0.25, -0.2) is 16.8 Å². The second kappa shape index (κ2) is 7.72. The van der Waals surface area contributed by atoms with Gasteiger partial charge in [-0.3, -0.25) is 9.59 Å². The summed E-state index contributed by atoms with van der Waals surface area (Å²) < 4.78 is 50.8. The van der Waals surface area contributed by atoms with Gasteiger partial charge in [-0.2, -0.15) is 0 Å². The van der Waals surface area contributed by atoms with Crippen LogP contribution in [0.25, 0.3) is 0 Å². The largest absolute Gasteiger partial charge is 0.507 e. The number of ketones is 2. The molecule has 0 radical (unpaired) electrons. The van der Waals surface area contributed by atoms with E-state index in [1.54, 1.807) is 0 Å². The van der Waals surface area contributed by atoms with Gasteiger partial charge in [0.1, 0.15) is 16.4 Å². The molecule has 0 aromatic heterocycles. The first-order chi connectivity index (χ1) is 14.6. The summed E-state index contributed by atoms with van der Waals surface area (Å²) >= 11 is 6.36. The van der Waals surface area contributed by atoms with Gasteiger partial charge in [0.15, 0.2) is 25.5 Å². The van der Waals surface area contributed by atoms with E-state index in [0.717, 1.165) is 0 Å². The van der Waals surface area contributed by atoms with Crippen LogP contribution in [0.3, 0.4) is 0 Å². The van der Waals surface area contributed by atoms with E-state index in [-0.39, 0.29) is 45.4 Å². The summed E-state index contributed by atoms with van der Waals surface area (Å²) in [5, 5.41) is 8.66. The van der Waals surface area contributed by atoms with Gasteiger partial charge in [-0.1, -0.05) is 23.7 Å². The lowest BCUT2D eigenvalue weighted by molar-refractivity contribution is -0.122. The van der Waals surface area contributed by atoms with Gasteiger partial charge in [0.2, 0.25) is 0 Å². The molecule has 0 amide bonds. The normalized spacial score (nSPS) is 22.8. The van der Waals surface area contributed by atoms with Crippen molar-refractivity contribution in [3.05, 3.63) is 52.5 Å². The number of halogens is 1. The Morgan fingerprint density at radius 3 is 2.52 bits per heavy atom. The van der Waals surface area contributed by atoms with Crippen LogP contribution in [-0.2, 0) is 30.9 Å². The minimum Gasteiger partial charge on any atom is -0.507 e. The molecular formula is C21H19ClO7S2. The van der Waals surface area contributed by atoms with Crippen molar-refractivity contribution in [2.24, 2.45) is 5.92 Å². The molecule has 1 heterocycles. The van der Waals surface area contributed by atoms with Crippen LogP contribution in [0.1, 0.15) is 35.2 Å². The molecule has 1 N–H and O–H groups in total. The quantitative estimate of drug-likeness (QED) is 0.525. The third-order valence-corrected chi connectivity index (χ3v) is 10.4. The molecule has 1 fully saturated rings. The zero-order chi connectivity index (χ0) is 22.6. The molecule has 0 saturated heterocycles. The number of carbonyl (C=O) groups excluding carboxylic acids is 2. The summed E-state index contributed by atoms with van der Waals surface area (Å²) in [6.07, 6.45) is 0.585. The van der Waals surface area contributed by atoms with Gasteiger partial charge >= 0.3 is 0 Å². The number of hydrogen-bond donors (Lipinski definition) is 1. The number of aromatic hydroxyl groups is 1. The van der Waals surface area contributed by atoms with Crippen LogP contribution in [0, 0.1) is 5.92 Å². The number of benzene rings is 2. The fraction of sp³-hybridized carbons (Fsp3) is 0.333. The fourth-order valence-electron chi connectivity index (χ4n) is 4.35. The van der Waals surface area contributed by atoms with E-state index >= 15 is 0 Å².